The molecule has 1 aromatic rings. The fourth-order valence-electron chi connectivity index (χ4n) is 1.11. The SMILES string of the molecule is CC(C)(C)OC(=O)NCC#Cc1cn[nH]c1C(=O)O. The van der Waals surface area contributed by atoms with Gasteiger partial charge >= 0.3 is 12.1 Å². The van der Waals surface area contributed by atoms with Gasteiger partial charge < -0.3 is 15.2 Å². The molecule has 0 fully saturated rings. The van der Waals surface area contributed by atoms with Gasteiger partial charge in [-0.1, -0.05) is 11.8 Å². The summed E-state index contributed by atoms with van der Waals surface area (Å²) in [6.07, 6.45) is 0.733. The maximum Gasteiger partial charge on any atom is 0.408 e. The van der Waals surface area contributed by atoms with Crippen molar-refractivity contribution in [3.63, 3.8) is 0 Å². The zero-order valence-electron chi connectivity index (χ0n) is 10.9. The molecular formula is C12H15N3O4. The number of hydrogen-bond acceptors (Lipinski definition) is 4. The number of hydrogen-bond donors (Lipinski definition) is 3. The molecule has 1 aromatic heterocycles. The summed E-state index contributed by atoms with van der Waals surface area (Å²) >= 11 is 0. The first-order valence-corrected chi connectivity index (χ1v) is 5.52. The summed E-state index contributed by atoms with van der Waals surface area (Å²) in [7, 11) is 0. The summed E-state index contributed by atoms with van der Waals surface area (Å²) in [6, 6.07) is 0. The fourth-order valence-corrected chi connectivity index (χ4v) is 1.11. The Morgan fingerprint density at radius 3 is 2.79 bits per heavy atom. The highest BCUT2D eigenvalue weighted by Crippen LogP contribution is 2.06. The number of aromatic amines is 1. The molecule has 0 saturated heterocycles. The molecule has 1 heterocycles. The Morgan fingerprint density at radius 2 is 2.21 bits per heavy atom. The second kappa shape index (κ2) is 5.91. The van der Waals surface area contributed by atoms with Gasteiger partial charge in [0.05, 0.1) is 18.3 Å². The lowest BCUT2D eigenvalue weighted by Crippen LogP contribution is -2.32. The average Bonchev–Trinajstić information content (AvgIpc) is 2.70. The molecule has 0 aliphatic heterocycles. The van der Waals surface area contributed by atoms with Crippen molar-refractivity contribution in [3.05, 3.63) is 17.5 Å². The molecule has 0 unspecified atom stereocenters. The monoisotopic (exact) mass is 265 g/mol. The average molecular weight is 265 g/mol. The van der Waals surface area contributed by atoms with Crippen molar-refractivity contribution >= 4 is 12.1 Å². The number of ether oxygens (including phenoxy) is 1. The van der Waals surface area contributed by atoms with Crippen LogP contribution < -0.4 is 5.32 Å². The Labute approximate surface area is 110 Å². The van der Waals surface area contributed by atoms with Crippen LogP contribution in [-0.4, -0.2) is 39.5 Å². The van der Waals surface area contributed by atoms with Crippen molar-refractivity contribution in [1.82, 2.24) is 15.5 Å². The largest absolute Gasteiger partial charge is 0.476 e. The molecule has 3 N–H and O–H groups in total. The van der Waals surface area contributed by atoms with Crippen molar-refractivity contribution in [2.45, 2.75) is 26.4 Å². The molecule has 0 saturated carbocycles. The van der Waals surface area contributed by atoms with Gasteiger partial charge in [0.25, 0.3) is 0 Å². The van der Waals surface area contributed by atoms with Crippen LogP contribution in [0.25, 0.3) is 0 Å². The number of carboxylic acid groups (broad SMARTS) is 1. The third-order valence-electron chi connectivity index (χ3n) is 1.80. The van der Waals surface area contributed by atoms with E-state index in [1.807, 2.05) is 0 Å². The molecule has 0 aliphatic rings. The van der Waals surface area contributed by atoms with E-state index in [-0.39, 0.29) is 17.8 Å². The van der Waals surface area contributed by atoms with Gasteiger partial charge in [-0.15, -0.1) is 0 Å². The predicted octanol–water partition coefficient (Wildman–Crippen LogP) is 0.984. The number of aromatic nitrogens is 2. The summed E-state index contributed by atoms with van der Waals surface area (Å²) < 4.78 is 5.01. The quantitative estimate of drug-likeness (QED) is 0.691. The van der Waals surface area contributed by atoms with Crippen LogP contribution in [-0.2, 0) is 4.74 Å². The van der Waals surface area contributed by atoms with Crippen molar-refractivity contribution in [2.75, 3.05) is 6.54 Å². The van der Waals surface area contributed by atoms with E-state index in [0.717, 1.165) is 0 Å². The Bertz CT molecular complexity index is 531. The summed E-state index contributed by atoms with van der Waals surface area (Å²) in [5.41, 5.74) is -0.387. The van der Waals surface area contributed by atoms with E-state index in [1.165, 1.54) is 6.20 Å². The number of amides is 1. The lowest BCUT2D eigenvalue weighted by molar-refractivity contribution is 0.0534. The minimum Gasteiger partial charge on any atom is -0.476 e. The molecule has 0 atom stereocenters. The molecule has 1 amide bonds. The van der Waals surface area contributed by atoms with Crippen LogP contribution in [0.1, 0.15) is 36.8 Å². The molecule has 19 heavy (non-hydrogen) atoms. The molecular weight excluding hydrogens is 250 g/mol. The Kier molecular flexibility index (Phi) is 4.53. The number of rotatable bonds is 2. The summed E-state index contributed by atoms with van der Waals surface area (Å²) in [5, 5.41) is 17.1. The van der Waals surface area contributed by atoms with E-state index in [9.17, 15) is 9.59 Å². The van der Waals surface area contributed by atoms with Crippen LogP contribution in [0.15, 0.2) is 6.20 Å². The third-order valence-corrected chi connectivity index (χ3v) is 1.80. The van der Waals surface area contributed by atoms with E-state index < -0.39 is 17.7 Å². The summed E-state index contributed by atoms with van der Waals surface area (Å²) in [4.78, 5) is 22.0. The van der Waals surface area contributed by atoms with Gasteiger partial charge in [0, 0.05) is 0 Å². The van der Waals surface area contributed by atoms with Crippen LogP contribution >= 0.6 is 0 Å². The van der Waals surface area contributed by atoms with E-state index in [4.69, 9.17) is 9.84 Å². The minimum atomic E-state index is -1.14. The number of nitrogens with one attached hydrogen (secondary N) is 2. The highest BCUT2D eigenvalue weighted by Gasteiger charge is 2.15. The third kappa shape index (κ3) is 5.12. The highest BCUT2D eigenvalue weighted by molar-refractivity contribution is 5.88. The van der Waals surface area contributed by atoms with Gasteiger partial charge in [-0.25, -0.2) is 9.59 Å². The van der Waals surface area contributed by atoms with Gasteiger partial charge in [0.15, 0.2) is 5.69 Å². The second-order valence-corrected chi connectivity index (χ2v) is 4.62. The predicted molar refractivity (Wildman–Crippen MR) is 66.7 cm³/mol. The Morgan fingerprint density at radius 1 is 1.53 bits per heavy atom. The molecule has 0 bridgehead atoms. The van der Waals surface area contributed by atoms with Crippen molar-refractivity contribution in [3.8, 4) is 11.8 Å². The van der Waals surface area contributed by atoms with Crippen molar-refractivity contribution in [1.29, 1.82) is 0 Å². The second-order valence-electron chi connectivity index (χ2n) is 4.62. The molecule has 102 valence electrons. The number of nitrogens with zero attached hydrogens (tertiary/aromatic N) is 1. The molecule has 1 rings (SSSR count). The zero-order chi connectivity index (χ0) is 14.5. The molecule has 0 spiro atoms. The first-order valence-electron chi connectivity index (χ1n) is 5.52. The molecule has 7 nitrogen and oxygen atoms in total. The number of H-pyrrole nitrogens is 1. The number of carbonyl (C=O) groups excluding carboxylic acids is 1. The van der Waals surface area contributed by atoms with Crippen molar-refractivity contribution in [2.24, 2.45) is 0 Å². The Balaban J connectivity index is 2.50. The van der Waals surface area contributed by atoms with Gasteiger partial charge in [-0.05, 0) is 20.8 Å². The number of carboxylic acids is 1. The van der Waals surface area contributed by atoms with Crippen LogP contribution in [0, 0.1) is 11.8 Å². The van der Waals surface area contributed by atoms with Crippen LogP contribution in [0.4, 0.5) is 4.79 Å². The van der Waals surface area contributed by atoms with Crippen molar-refractivity contribution < 1.29 is 19.4 Å². The minimum absolute atomic E-state index is 0.0547. The van der Waals surface area contributed by atoms with Gasteiger partial charge in [0.1, 0.15) is 5.60 Å². The molecule has 7 heteroatoms. The van der Waals surface area contributed by atoms with Crippen LogP contribution in [0.3, 0.4) is 0 Å². The van der Waals surface area contributed by atoms with E-state index >= 15 is 0 Å². The topological polar surface area (TPSA) is 104 Å². The number of aromatic carboxylic acids is 1. The van der Waals surface area contributed by atoms with Gasteiger partial charge in [-0.3, -0.25) is 5.10 Å². The number of carbonyl (C=O) groups is 2. The summed E-state index contributed by atoms with van der Waals surface area (Å²) in [6.45, 7) is 5.31. The maximum atomic E-state index is 11.3. The standard InChI is InChI=1S/C12H15N3O4/c1-12(2,3)19-11(18)13-6-4-5-8-7-14-15-9(8)10(16)17/h7H,6H2,1-3H3,(H,13,18)(H,14,15)(H,16,17). The van der Waals surface area contributed by atoms with Crippen LogP contribution in [0.5, 0.6) is 0 Å². The first kappa shape index (κ1) is 14.6. The number of alkyl carbamates (subject to hydrolysis) is 1. The lowest BCUT2D eigenvalue weighted by Gasteiger charge is -2.18. The van der Waals surface area contributed by atoms with E-state index in [1.54, 1.807) is 20.8 Å². The molecule has 0 aliphatic carbocycles. The zero-order valence-corrected chi connectivity index (χ0v) is 10.9. The van der Waals surface area contributed by atoms with E-state index in [0.29, 0.717) is 0 Å². The first-order chi connectivity index (χ1) is 8.79. The smallest absolute Gasteiger partial charge is 0.408 e. The molecule has 0 radical (unpaired) electrons. The maximum absolute atomic E-state index is 11.3. The van der Waals surface area contributed by atoms with Gasteiger partial charge in [-0.2, -0.15) is 5.10 Å². The summed E-state index contributed by atoms with van der Waals surface area (Å²) in [5.74, 6) is 4.08. The van der Waals surface area contributed by atoms with E-state index in [2.05, 4.69) is 27.4 Å². The highest BCUT2D eigenvalue weighted by atomic mass is 16.6. The normalized spacial score (nSPS) is 10.3. The fraction of sp³-hybridized carbons (Fsp3) is 0.417. The van der Waals surface area contributed by atoms with Gasteiger partial charge in [0.2, 0.25) is 0 Å². The molecule has 0 aromatic carbocycles. The van der Waals surface area contributed by atoms with Crippen LogP contribution in [0.2, 0.25) is 0 Å². The Hall–Kier alpha value is -2.49. The lowest BCUT2D eigenvalue weighted by atomic mass is 10.2.